The Hall–Kier alpha value is -2.41. The van der Waals surface area contributed by atoms with Crippen LogP contribution < -0.4 is 16.2 Å². The van der Waals surface area contributed by atoms with E-state index in [4.69, 9.17) is 12.2 Å². The fourth-order valence-electron chi connectivity index (χ4n) is 3.34. The van der Waals surface area contributed by atoms with Crippen LogP contribution >= 0.6 is 12.2 Å². The van der Waals surface area contributed by atoms with Crippen LogP contribution in [0.25, 0.3) is 5.69 Å². The molecule has 0 aliphatic heterocycles. The minimum absolute atomic E-state index is 0.276. The van der Waals surface area contributed by atoms with Crippen molar-refractivity contribution in [2.45, 2.75) is 39.2 Å². The van der Waals surface area contributed by atoms with Gasteiger partial charge in [-0.25, -0.2) is 4.68 Å². The molecule has 1 amide bonds. The number of para-hydroxylation sites is 1. The molecule has 1 aromatic carbocycles. The number of hydrogen-bond donors (Lipinski definition) is 3. The summed E-state index contributed by atoms with van der Waals surface area (Å²) in [5.41, 5.74) is 6.79. The van der Waals surface area contributed by atoms with E-state index >= 15 is 0 Å². The maximum absolute atomic E-state index is 12.3. The highest BCUT2D eigenvalue weighted by Gasteiger charge is 2.27. The molecule has 3 N–H and O–H groups in total. The van der Waals surface area contributed by atoms with Gasteiger partial charge in [0.05, 0.1) is 17.4 Å². The molecule has 7 heteroatoms. The molecule has 3 atom stereocenters. The summed E-state index contributed by atoms with van der Waals surface area (Å²) in [6.07, 6.45) is 6.79. The molecule has 0 saturated heterocycles. The number of nitrogens with zero attached hydrogens (tertiary/aromatic N) is 2. The molecule has 138 valence electrons. The molecule has 26 heavy (non-hydrogen) atoms. The summed E-state index contributed by atoms with van der Waals surface area (Å²) in [7, 11) is 0. The molecule has 0 spiro atoms. The zero-order valence-corrected chi connectivity index (χ0v) is 15.9. The van der Waals surface area contributed by atoms with Gasteiger partial charge in [-0.05, 0) is 42.6 Å². The summed E-state index contributed by atoms with van der Waals surface area (Å²) < 4.78 is 1.66. The average molecular weight is 372 g/mol. The Labute approximate surface area is 159 Å². The molecule has 2 aromatic rings. The molecule has 0 bridgehead atoms. The van der Waals surface area contributed by atoms with Gasteiger partial charge in [-0.1, -0.05) is 44.9 Å². The van der Waals surface area contributed by atoms with Crippen molar-refractivity contribution >= 4 is 23.2 Å². The first-order valence-corrected chi connectivity index (χ1v) is 9.42. The first-order chi connectivity index (χ1) is 12.5. The molecule has 6 nitrogen and oxygen atoms in total. The van der Waals surface area contributed by atoms with Crippen molar-refractivity contribution in [3.05, 3.63) is 48.3 Å². The number of hydrogen-bond acceptors (Lipinski definition) is 3. The molecule has 1 heterocycles. The maximum Gasteiger partial charge on any atom is 0.272 e. The SMILES string of the molecule is C[C@@H]1[C@H](C)CCC[C@@H]1NC(=S)NNC(=O)c1cnn(-c2ccccc2)c1. The smallest absolute Gasteiger partial charge is 0.272 e. The standard InChI is InChI=1S/C19H25N5OS/c1-13-7-6-10-17(14(13)2)21-19(26)23-22-18(25)15-11-20-24(12-15)16-8-4-3-5-9-16/h3-5,8-9,11-14,17H,6-7,10H2,1-2H3,(H,22,25)(H2,21,23,26)/t13-,14-,17+/m1/s1. The molecule has 1 aromatic heterocycles. The minimum Gasteiger partial charge on any atom is -0.358 e. The van der Waals surface area contributed by atoms with Crippen LogP contribution in [-0.2, 0) is 0 Å². The summed E-state index contributed by atoms with van der Waals surface area (Å²) in [6.45, 7) is 4.53. The highest BCUT2D eigenvalue weighted by Crippen LogP contribution is 2.29. The van der Waals surface area contributed by atoms with E-state index < -0.39 is 0 Å². The molecule has 1 aliphatic rings. The van der Waals surface area contributed by atoms with E-state index in [0.717, 1.165) is 12.1 Å². The van der Waals surface area contributed by atoms with Crippen molar-refractivity contribution in [1.29, 1.82) is 0 Å². The third-order valence-electron chi connectivity index (χ3n) is 5.18. The van der Waals surface area contributed by atoms with Crippen LogP contribution in [-0.4, -0.2) is 26.8 Å². The minimum atomic E-state index is -0.276. The van der Waals surface area contributed by atoms with E-state index in [1.807, 2.05) is 30.3 Å². The Morgan fingerprint density at radius 2 is 1.96 bits per heavy atom. The molecule has 1 aliphatic carbocycles. The summed E-state index contributed by atoms with van der Waals surface area (Å²) in [6, 6.07) is 9.99. The van der Waals surface area contributed by atoms with Gasteiger partial charge in [0, 0.05) is 12.2 Å². The summed E-state index contributed by atoms with van der Waals surface area (Å²) in [5, 5.41) is 7.99. The van der Waals surface area contributed by atoms with E-state index in [1.54, 1.807) is 10.9 Å². The van der Waals surface area contributed by atoms with Crippen LogP contribution in [0.5, 0.6) is 0 Å². The van der Waals surface area contributed by atoms with E-state index in [9.17, 15) is 4.79 Å². The Kier molecular flexibility index (Phi) is 5.88. The predicted octanol–water partition coefficient (Wildman–Crippen LogP) is 2.81. The number of carbonyl (C=O) groups excluding carboxylic acids is 1. The summed E-state index contributed by atoms with van der Waals surface area (Å²) in [5.74, 6) is 0.965. The number of hydrazine groups is 1. The molecular weight excluding hydrogens is 346 g/mol. The lowest BCUT2D eigenvalue weighted by atomic mass is 9.78. The second-order valence-corrected chi connectivity index (χ2v) is 7.34. The molecule has 0 unspecified atom stereocenters. The monoisotopic (exact) mass is 371 g/mol. The Morgan fingerprint density at radius 3 is 2.73 bits per heavy atom. The first-order valence-electron chi connectivity index (χ1n) is 9.01. The van der Waals surface area contributed by atoms with Gasteiger partial charge in [-0.15, -0.1) is 0 Å². The lowest BCUT2D eigenvalue weighted by Gasteiger charge is -2.35. The fraction of sp³-hybridized carbons (Fsp3) is 0.421. The van der Waals surface area contributed by atoms with Gasteiger partial charge in [0.1, 0.15) is 0 Å². The van der Waals surface area contributed by atoms with Crippen molar-refractivity contribution in [2.75, 3.05) is 0 Å². The fourth-order valence-corrected chi connectivity index (χ4v) is 3.54. The number of rotatable bonds is 3. The normalized spacial score (nSPS) is 22.5. The van der Waals surface area contributed by atoms with E-state index in [-0.39, 0.29) is 5.91 Å². The first kappa shape index (κ1) is 18.4. The highest BCUT2D eigenvalue weighted by atomic mass is 32.1. The van der Waals surface area contributed by atoms with Crippen molar-refractivity contribution in [1.82, 2.24) is 25.9 Å². The van der Waals surface area contributed by atoms with Gasteiger partial charge in [0.15, 0.2) is 5.11 Å². The second-order valence-electron chi connectivity index (χ2n) is 6.94. The van der Waals surface area contributed by atoms with Crippen molar-refractivity contribution in [3.63, 3.8) is 0 Å². The Bertz CT molecular complexity index is 760. The van der Waals surface area contributed by atoms with Gasteiger partial charge >= 0.3 is 0 Å². The average Bonchev–Trinajstić information content (AvgIpc) is 3.14. The maximum atomic E-state index is 12.3. The van der Waals surface area contributed by atoms with Crippen LogP contribution in [0.1, 0.15) is 43.5 Å². The van der Waals surface area contributed by atoms with Crippen molar-refractivity contribution < 1.29 is 4.79 Å². The molecule has 1 fully saturated rings. The lowest BCUT2D eigenvalue weighted by Crippen LogP contribution is -2.52. The van der Waals surface area contributed by atoms with Crippen LogP contribution in [0.2, 0.25) is 0 Å². The van der Waals surface area contributed by atoms with Crippen LogP contribution in [0.4, 0.5) is 0 Å². The number of nitrogens with one attached hydrogen (secondary N) is 3. The molecule has 1 saturated carbocycles. The molecule has 3 rings (SSSR count). The van der Waals surface area contributed by atoms with Crippen molar-refractivity contribution in [2.24, 2.45) is 11.8 Å². The number of thiocarbonyl (C=S) groups is 1. The molecular formula is C19H25N5OS. The van der Waals surface area contributed by atoms with E-state index in [0.29, 0.717) is 28.6 Å². The quantitative estimate of drug-likeness (QED) is 0.572. The Balaban J connectivity index is 1.51. The third-order valence-corrected chi connectivity index (χ3v) is 5.40. The zero-order valence-electron chi connectivity index (χ0n) is 15.1. The summed E-state index contributed by atoms with van der Waals surface area (Å²) >= 11 is 5.32. The second kappa shape index (κ2) is 8.31. The third kappa shape index (κ3) is 4.40. The van der Waals surface area contributed by atoms with Gasteiger partial charge in [-0.3, -0.25) is 15.6 Å². The van der Waals surface area contributed by atoms with E-state index in [2.05, 4.69) is 35.1 Å². The van der Waals surface area contributed by atoms with Crippen LogP contribution in [0.15, 0.2) is 42.7 Å². The highest BCUT2D eigenvalue weighted by molar-refractivity contribution is 7.80. The number of carbonyl (C=O) groups is 1. The topological polar surface area (TPSA) is 71.0 Å². The van der Waals surface area contributed by atoms with Crippen LogP contribution in [0.3, 0.4) is 0 Å². The molecule has 0 radical (unpaired) electrons. The van der Waals surface area contributed by atoms with E-state index in [1.165, 1.54) is 19.0 Å². The van der Waals surface area contributed by atoms with Gasteiger partial charge in [-0.2, -0.15) is 5.10 Å². The van der Waals surface area contributed by atoms with Gasteiger partial charge < -0.3 is 5.32 Å². The number of amides is 1. The Morgan fingerprint density at radius 1 is 1.19 bits per heavy atom. The lowest BCUT2D eigenvalue weighted by molar-refractivity contribution is 0.0943. The summed E-state index contributed by atoms with van der Waals surface area (Å²) in [4.78, 5) is 12.3. The van der Waals surface area contributed by atoms with Crippen molar-refractivity contribution in [3.8, 4) is 5.69 Å². The zero-order chi connectivity index (χ0) is 18.5. The number of benzene rings is 1. The number of aromatic nitrogens is 2. The predicted molar refractivity (Wildman–Crippen MR) is 106 cm³/mol. The van der Waals surface area contributed by atoms with Gasteiger partial charge in [0.25, 0.3) is 5.91 Å². The largest absolute Gasteiger partial charge is 0.358 e. The van der Waals surface area contributed by atoms with Gasteiger partial charge in [0.2, 0.25) is 0 Å². The van der Waals surface area contributed by atoms with Crippen LogP contribution in [0, 0.1) is 11.8 Å².